The summed E-state index contributed by atoms with van der Waals surface area (Å²) < 4.78 is 0.563. The standard InChI is InChI=1S/C28H28N4O4S4/c1-3-5-15-29-23(33)17-7-11-19(12-8-17)31-25(35)21(39-27(31)37)22-26(36)32(28(38)40-22)20-13-9-18(10-14-20)24(34)30-16-6-4-2/h7-14H,3-6,15-16H2,1-2H3,(H,29,33)(H,30,34). The molecule has 40 heavy (non-hydrogen) atoms. The van der Waals surface area contributed by atoms with Gasteiger partial charge in [-0.3, -0.25) is 29.0 Å². The van der Waals surface area contributed by atoms with Gasteiger partial charge < -0.3 is 10.6 Å². The number of hydrogen-bond donors (Lipinski definition) is 2. The molecule has 0 unspecified atom stereocenters. The number of thiocarbonyl (C=S) groups is 2. The third-order valence-electron chi connectivity index (χ3n) is 6.15. The number of anilines is 2. The summed E-state index contributed by atoms with van der Waals surface area (Å²) >= 11 is 13.1. The molecule has 2 N–H and O–H groups in total. The normalized spacial score (nSPS) is 17.1. The summed E-state index contributed by atoms with van der Waals surface area (Å²) in [5.41, 5.74) is 1.98. The number of carbonyl (C=O) groups is 4. The highest BCUT2D eigenvalue weighted by Gasteiger charge is 2.43. The van der Waals surface area contributed by atoms with Crippen LogP contribution >= 0.6 is 48.0 Å². The molecule has 8 nitrogen and oxygen atoms in total. The Bertz CT molecular complexity index is 1280. The van der Waals surface area contributed by atoms with Crippen LogP contribution in [0.2, 0.25) is 0 Å². The van der Waals surface area contributed by atoms with Gasteiger partial charge in [-0.15, -0.1) is 0 Å². The lowest BCUT2D eigenvalue weighted by atomic mass is 10.1. The molecule has 12 heteroatoms. The Hall–Kier alpha value is -3.06. The average Bonchev–Trinajstić information content (AvgIpc) is 3.41. The van der Waals surface area contributed by atoms with Crippen molar-refractivity contribution in [2.45, 2.75) is 39.5 Å². The van der Waals surface area contributed by atoms with Gasteiger partial charge in [0.25, 0.3) is 23.6 Å². The molecule has 2 heterocycles. The van der Waals surface area contributed by atoms with Crippen molar-refractivity contribution in [1.29, 1.82) is 0 Å². The Kier molecular flexibility index (Phi) is 10.1. The number of rotatable bonds is 10. The molecule has 0 saturated carbocycles. The Balaban J connectivity index is 1.49. The van der Waals surface area contributed by atoms with Gasteiger partial charge in [0, 0.05) is 24.2 Å². The van der Waals surface area contributed by atoms with Crippen LogP contribution in [0.3, 0.4) is 0 Å². The summed E-state index contributed by atoms with van der Waals surface area (Å²) in [6, 6.07) is 13.2. The number of thioether (sulfide) groups is 2. The van der Waals surface area contributed by atoms with E-state index in [2.05, 4.69) is 24.5 Å². The minimum absolute atomic E-state index is 0.181. The Morgan fingerprint density at radius 3 is 1.35 bits per heavy atom. The third-order valence-corrected chi connectivity index (χ3v) is 9.03. The summed E-state index contributed by atoms with van der Waals surface area (Å²) in [6.07, 6.45) is 3.76. The van der Waals surface area contributed by atoms with Gasteiger partial charge in [0.05, 0.1) is 21.2 Å². The van der Waals surface area contributed by atoms with Gasteiger partial charge in [0.15, 0.2) is 8.64 Å². The number of amides is 4. The molecule has 208 valence electrons. The lowest BCUT2D eigenvalue weighted by Crippen LogP contribution is -2.30. The second kappa shape index (κ2) is 13.5. The highest BCUT2D eigenvalue weighted by atomic mass is 32.2. The summed E-state index contributed by atoms with van der Waals surface area (Å²) in [6.45, 7) is 5.30. The molecule has 0 spiro atoms. The van der Waals surface area contributed by atoms with Crippen molar-refractivity contribution in [3.05, 3.63) is 69.5 Å². The number of nitrogens with one attached hydrogen (secondary N) is 2. The number of unbranched alkanes of at least 4 members (excludes halogenated alkanes) is 2. The van der Waals surface area contributed by atoms with E-state index in [4.69, 9.17) is 24.4 Å². The molecule has 2 aliphatic rings. The summed E-state index contributed by atoms with van der Waals surface area (Å²) in [5.74, 6) is -1.21. The summed E-state index contributed by atoms with van der Waals surface area (Å²) in [5, 5.41) is 5.72. The van der Waals surface area contributed by atoms with E-state index in [0.29, 0.717) is 35.6 Å². The van der Waals surface area contributed by atoms with Gasteiger partial charge in [-0.05, 0) is 61.4 Å². The Morgan fingerprint density at radius 2 is 1.02 bits per heavy atom. The molecule has 0 aliphatic carbocycles. The molecule has 0 bridgehead atoms. The zero-order valence-corrected chi connectivity index (χ0v) is 25.3. The van der Waals surface area contributed by atoms with Crippen LogP contribution in [0.25, 0.3) is 0 Å². The molecule has 2 aliphatic heterocycles. The fourth-order valence-electron chi connectivity index (χ4n) is 3.94. The zero-order chi connectivity index (χ0) is 28.8. The van der Waals surface area contributed by atoms with E-state index in [0.717, 1.165) is 49.2 Å². The third kappa shape index (κ3) is 6.46. The van der Waals surface area contributed by atoms with Crippen molar-refractivity contribution in [3.8, 4) is 0 Å². The van der Waals surface area contributed by atoms with Gasteiger partial charge in [-0.25, -0.2) is 0 Å². The molecule has 0 radical (unpaired) electrons. The van der Waals surface area contributed by atoms with Crippen molar-refractivity contribution in [2.24, 2.45) is 0 Å². The Labute approximate surface area is 252 Å². The number of hydrogen-bond acceptors (Lipinski definition) is 8. The van der Waals surface area contributed by atoms with Crippen molar-refractivity contribution in [1.82, 2.24) is 10.6 Å². The summed E-state index contributed by atoms with van der Waals surface area (Å²) in [4.78, 5) is 54.6. The lowest BCUT2D eigenvalue weighted by Gasteiger charge is -2.15. The highest BCUT2D eigenvalue weighted by molar-refractivity contribution is 8.30. The molecule has 4 amide bonds. The zero-order valence-electron chi connectivity index (χ0n) is 22.0. The minimum Gasteiger partial charge on any atom is -0.352 e. The van der Waals surface area contributed by atoms with Gasteiger partial charge in [0.2, 0.25) is 0 Å². The first-order chi connectivity index (χ1) is 19.3. The predicted molar refractivity (Wildman–Crippen MR) is 170 cm³/mol. The van der Waals surface area contributed by atoms with Gasteiger partial charge in [-0.2, -0.15) is 0 Å². The largest absolute Gasteiger partial charge is 0.352 e. The van der Waals surface area contributed by atoms with Crippen molar-refractivity contribution in [2.75, 3.05) is 22.9 Å². The fraction of sp³-hybridized carbons (Fsp3) is 0.286. The molecular formula is C28H28N4O4S4. The smallest absolute Gasteiger partial charge is 0.272 e. The quantitative estimate of drug-likeness (QED) is 0.210. The van der Waals surface area contributed by atoms with E-state index in [-0.39, 0.29) is 30.3 Å². The fourth-order valence-corrected chi connectivity index (χ4v) is 6.69. The van der Waals surface area contributed by atoms with Crippen molar-refractivity contribution < 1.29 is 19.2 Å². The van der Waals surface area contributed by atoms with E-state index >= 15 is 0 Å². The van der Waals surface area contributed by atoms with E-state index in [1.54, 1.807) is 48.5 Å². The molecule has 2 aromatic carbocycles. The maximum absolute atomic E-state index is 13.4. The van der Waals surface area contributed by atoms with Crippen LogP contribution in [0, 0.1) is 0 Å². The van der Waals surface area contributed by atoms with Crippen LogP contribution in [0.5, 0.6) is 0 Å². The van der Waals surface area contributed by atoms with Gasteiger partial charge in [0.1, 0.15) is 0 Å². The van der Waals surface area contributed by atoms with Crippen molar-refractivity contribution in [3.63, 3.8) is 0 Å². The van der Waals surface area contributed by atoms with E-state index in [9.17, 15) is 19.2 Å². The molecular weight excluding hydrogens is 585 g/mol. The molecule has 2 saturated heterocycles. The van der Waals surface area contributed by atoms with Crippen LogP contribution in [0.4, 0.5) is 11.4 Å². The number of nitrogens with zero attached hydrogens (tertiary/aromatic N) is 2. The van der Waals surface area contributed by atoms with Crippen LogP contribution in [-0.2, 0) is 9.59 Å². The van der Waals surface area contributed by atoms with Gasteiger partial charge >= 0.3 is 0 Å². The Morgan fingerprint density at radius 1 is 0.675 bits per heavy atom. The second-order valence-corrected chi connectivity index (χ2v) is 12.3. The van der Waals surface area contributed by atoms with E-state index in [1.165, 1.54) is 9.80 Å². The molecule has 2 aromatic rings. The van der Waals surface area contributed by atoms with Crippen LogP contribution in [-0.4, -0.2) is 45.4 Å². The lowest BCUT2D eigenvalue weighted by molar-refractivity contribution is -0.115. The average molecular weight is 613 g/mol. The van der Waals surface area contributed by atoms with Crippen LogP contribution in [0.1, 0.15) is 60.2 Å². The monoisotopic (exact) mass is 612 g/mol. The molecule has 0 aromatic heterocycles. The second-order valence-electron chi connectivity index (χ2n) is 8.99. The highest BCUT2D eigenvalue weighted by Crippen LogP contribution is 2.44. The number of carbonyl (C=O) groups excluding carboxylic acids is 4. The summed E-state index contributed by atoms with van der Waals surface area (Å²) in [7, 11) is 0. The van der Waals surface area contributed by atoms with Crippen molar-refractivity contribution >= 4 is 91.6 Å². The molecule has 4 rings (SSSR count). The SMILES string of the molecule is CCCCNC(=O)c1ccc(N2C(=O)C(=C3SC(=S)N(c4ccc(C(=O)NCCCC)cc4)C3=O)SC2=S)cc1. The first-order valence-corrected chi connectivity index (χ1v) is 15.3. The van der Waals surface area contributed by atoms with E-state index < -0.39 is 11.8 Å². The topological polar surface area (TPSA) is 98.8 Å². The number of benzene rings is 2. The molecule has 2 fully saturated rings. The minimum atomic E-state index is -0.422. The van der Waals surface area contributed by atoms with Gasteiger partial charge in [-0.1, -0.05) is 74.6 Å². The predicted octanol–water partition coefficient (Wildman–Crippen LogP) is 5.39. The maximum atomic E-state index is 13.4. The maximum Gasteiger partial charge on any atom is 0.272 e. The van der Waals surface area contributed by atoms with E-state index in [1.807, 2.05) is 0 Å². The first kappa shape index (κ1) is 29.9. The molecule has 0 atom stereocenters. The van der Waals surface area contributed by atoms with Crippen LogP contribution < -0.4 is 20.4 Å². The first-order valence-electron chi connectivity index (χ1n) is 12.9. The van der Waals surface area contributed by atoms with Crippen LogP contribution in [0.15, 0.2) is 58.3 Å².